The fourth-order valence-corrected chi connectivity index (χ4v) is 3.12. The van der Waals surface area contributed by atoms with Crippen molar-refractivity contribution in [1.29, 1.82) is 5.26 Å². The SMILES string of the molecule is CC(C)(c1ccc(OC[C@@H]2Cn3c(nc(C#N)c3Br)O2)cc1F)C(F)(F)F. The van der Waals surface area contributed by atoms with E-state index in [4.69, 9.17) is 14.7 Å². The van der Waals surface area contributed by atoms with Crippen LogP contribution in [0.2, 0.25) is 0 Å². The van der Waals surface area contributed by atoms with Crippen LogP contribution in [0.15, 0.2) is 22.8 Å². The van der Waals surface area contributed by atoms with E-state index in [9.17, 15) is 17.6 Å². The number of nitriles is 1. The molecule has 0 fully saturated rings. The summed E-state index contributed by atoms with van der Waals surface area (Å²) in [5.74, 6) is -0.893. The molecule has 144 valence electrons. The zero-order chi connectivity index (χ0) is 20.0. The standard InChI is InChI=1S/C17H14BrF4N3O2/c1-16(2,17(20,21)22)11-4-3-9(5-12(11)19)26-8-10-7-25-14(18)13(6-23)24-15(25)27-10/h3-5,10H,7-8H2,1-2H3/t10-/m0/s1. The first-order valence-corrected chi connectivity index (χ1v) is 8.66. The number of fused-ring (bicyclic) bond motifs is 1. The molecule has 0 spiro atoms. The molecule has 27 heavy (non-hydrogen) atoms. The third kappa shape index (κ3) is 3.48. The van der Waals surface area contributed by atoms with Crippen LogP contribution < -0.4 is 9.47 Å². The lowest BCUT2D eigenvalue weighted by Crippen LogP contribution is -2.37. The van der Waals surface area contributed by atoms with Crippen LogP contribution in [0.25, 0.3) is 0 Å². The highest BCUT2D eigenvalue weighted by atomic mass is 79.9. The Morgan fingerprint density at radius 3 is 2.67 bits per heavy atom. The molecule has 0 unspecified atom stereocenters. The van der Waals surface area contributed by atoms with Gasteiger partial charge in [0.1, 0.15) is 28.8 Å². The quantitative estimate of drug-likeness (QED) is 0.654. The van der Waals surface area contributed by atoms with Crippen LogP contribution in [0.5, 0.6) is 11.8 Å². The highest BCUT2D eigenvalue weighted by molar-refractivity contribution is 9.10. The predicted molar refractivity (Wildman–Crippen MR) is 90.0 cm³/mol. The normalized spacial score (nSPS) is 16.6. The van der Waals surface area contributed by atoms with E-state index in [2.05, 4.69) is 20.9 Å². The molecule has 10 heteroatoms. The minimum Gasteiger partial charge on any atom is -0.490 e. The summed E-state index contributed by atoms with van der Waals surface area (Å²) in [6.07, 6.45) is -5.00. The third-order valence-corrected chi connectivity index (χ3v) is 5.20. The summed E-state index contributed by atoms with van der Waals surface area (Å²) in [7, 11) is 0. The monoisotopic (exact) mass is 447 g/mol. The first-order valence-electron chi connectivity index (χ1n) is 7.87. The summed E-state index contributed by atoms with van der Waals surface area (Å²) >= 11 is 3.25. The van der Waals surface area contributed by atoms with Crippen LogP contribution in [-0.2, 0) is 12.0 Å². The fourth-order valence-electron chi connectivity index (χ4n) is 2.64. The van der Waals surface area contributed by atoms with Crippen LogP contribution in [0.4, 0.5) is 17.6 Å². The summed E-state index contributed by atoms with van der Waals surface area (Å²) in [5, 5.41) is 8.91. The molecule has 2 aromatic rings. The van der Waals surface area contributed by atoms with Gasteiger partial charge in [0.25, 0.3) is 6.01 Å². The van der Waals surface area contributed by atoms with Gasteiger partial charge in [0.15, 0.2) is 11.8 Å². The molecule has 0 saturated heterocycles. The lowest BCUT2D eigenvalue weighted by molar-refractivity contribution is -0.180. The molecular weight excluding hydrogens is 434 g/mol. The number of imidazole rings is 1. The Kier molecular flexibility index (Phi) is 4.84. The zero-order valence-corrected chi connectivity index (χ0v) is 15.9. The second-order valence-electron chi connectivity index (χ2n) is 6.57. The molecule has 1 aliphatic rings. The molecular formula is C17H14BrF4N3O2. The van der Waals surface area contributed by atoms with Gasteiger partial charge in [0.2, 0.25) is 0 Å². The van der Waals surface area contributed by atoms with Gasteiger partial charge in [-0.05, 0) is 35.8 Å². The van der Waals surface area contributed by atoms with Crippen molar-refractivity contribution in [2.45, 2.75) is 38.1 Å². The molecule has 1 aromatic carbocycles. The van der Waals surface area contributed by atoms with Gasteiger partial charge in [-0.2, -0.15) is 23.4 Å². The van der Waals surface area contributed by atoms with Gasteiger partial charge in [-0.3, -0.25) is 4.57 Å². The van der Waals surface area contributed by atoms with Gasteiger partial charge in [-0.1, -0.05) is 6.07 Å². The number of aromatic nitrogens is 2. The van der Waals surface area contributed by atoms with E-state index in [1.807, 2.05) is 6.07 Å². The van der Waals surface area contributed by atoms with Crippen LogP contribution >= 0.6 is 15.9 Å². The lowest BCUT2D eigenvalue weighted by Gasteiger charge is -2.28. The van der Waals surface area contributed by atoms with Gasteiger partial charge >= 0.3 is 6.18 Å². The van der Waals surface area contributed by atoms with Crippen LogP contribution in [0, 0.1) is 17.1 Å². The topological polar surface area (TPSA) is 60.1 Å². The number of alkyl halides is 3. The van der Waals surface area contributed by atoms with Gasteiger partial charge in [0.05, 0.1) is 12.0 Å². The molecule has 0 saturated carbocycles. The van der Waals surface area contributed by atoms with Gasteiger partial charge in [-0.15, -0.1) is 0 Å². The number of hydrogen-bond donors (Lipinski definition) is 0. The number of rotatable bonds is 4. The van der Waals surface area contributed by atoms with Crippen LogP contribution in [0.1, 0.15) is 25.1 Å². The van der Waals surface area contributed by atoms with E-state index in [1.54, 1.807) is 4.57 Å². The van der Waals surface area contributed by atoms with Crippen molar-refractivity contribution in [3.05, 3.63) is 39.9 Å². The zero-order valence-electron chi connectivity index (χ0n) is 14.3. The summed E-state index contributed by atoms with van der Waals surface area (Å²) in [6.45, 7) is 2.26. The first kappa shape index (κ1) is 19.5. The summed E-state index contributed by atoms with van der Waals surface area (Å²) in [5.41, 5.74) is -2.56. The largest absolute Gasteiger partial charge is 0.490 e. The highest BCUT2D eigenvalue weighted by Gasteiger charge is 2.49. The maximum absolute atomic E-state index is 14.2. The molecule has 1 aromatic heterocycles. The Hall–Kier alpha value is -2.28. The number of nitrogens with zero attached hydrogens (tertiary/aromatic N) is 3. The van der Waals surface area contributed by atoms with Crippen molar-refractivity contribution >= 4 is 15.9 Å². The molecule has 0 amide bonds. The Morgan fingerprint density at radius 2 is 2.11 bits per heavy atom. The summed E-state index contributed by atoms with van der Waals surface area (Å²) in [4.78, 5) is 4.00. The number of halogens is 5. The van der Waals surface area contributed by atoms with E-state index >= 15 is 0 Å². The van der Waals surface area contributed by atoms with Gasteiger partial charge in [0, 0.05) is 11.6 Å². The molecule has 1 aliphatic heterocycles. The van der Waals surface area contributed by atoms with Crippen molar-refractivity contribution in [3.63, 3.8) is 0 Å². The molecule has 0 radical (unpaired) electrons. The van der Waals surface area contributed by atoms with E-state index in [1.165, 1.54) is 6.07 Å². The van der Waals surface area contributed by atoms with E-state index in [0.717, 1.165) is 26.0 Å². The Balaban J connectivity index is 1.66. The van der Waals surface area contributed by atoms with Crippen molar-refractivity contribution in [2.24, 2.45) is 0 Å². The number of hydrogen-bond acceptors (Lipinski definition) is 4. The molecule has 0 N–H and O–H groups in total. The summed E-state index contributed by atoms with van der Waals surface area (Å²) in [6, 6.07) is 5.49. The average Bonchev–Trinajstić information content (AvgIpc) is 3.10. The molecule has 5 nitrogen and oxygen atoms in total. The molecule has 1 atom stereocenters. The number of benzene rings is 1. The Bertz CT molecular complexity index is 918. The van der Waals surface area contributed by atoms with Crippen LogP contribution in [0.3, 0.4) is 0 Å². The average molecular weight is 448 g/mol. The van der Waals surface area contributed by atoms with Crippen molar-refractivity contribution in [2.75, 3.05) is 6.61 Å². The second kappa shape index (κ2) is 6.71. The maximum Gasteiger partial charge on any atom is 0.398 e. The van der Waals surface area contributed by atoms with Crippen LogP contribution in [-0.4, -0.2) is 28.4 Å². The van der Waals surface area contributed by atoms with Gasteiger partial charge < -0.3 is 9.47 Å². The fraction of sp³-hybridized carbons (Fsp3) is 0.412. The molecule has 2 heterocycles. The molecule has 0 aliphatic carbocycles. The Morgan fingerprint density at radius 1 is 1.41 bits per heavy atom. The maximum atomic E-state index is 14.2. The van der Waals surface area contributed by atoms with Crippen molar-refractivity contribution in [3.8, 4) is 17.8 Å². The Labute approximate surface area is 160 Å². The summed E-state index contributed by atoms with van der Waals surface area (Å²) < 4.78 is 66.6. The second-order valence-corrected chi connectivity index (χ2v) is 7.32. The number of ether oxygens (including phenoxy) is 2. The van der Waals surface area contributed by atoms with Gasteiger partial charge in [-0.25, -0.2) is 4.39 Å². The minimum atomic E-state index is -4.58. The lowest BCUT2D eigenvalue weighted by atomic mass is 9.83. The highest BCUT2D eigenvalue weighted by Crippen LogP contribution is 2.42. The third-order valence-electron chi connectivity index (χ3n) is 4.39. The molecule has 0 bridgehead atoms. The predicted octanol–water partition coefficient (Wildman–Crippen LogP) is 4.34. The van der Waals surface area contributed by atoms with E-state index in [-0.39, 0.29) is 24.1 Å². The smallest absolute Gasteiger partial charge is 0.398 e. The molecule has 3 rings (SSSR count). The van der Waals surface area contributed by atoms with Crippen molar-refractivity contribution in [1.82, 2.24) is 9.55 Å². The van der Waals surface area contributed by atoms with E-state index < -0.39 is 29.1 Å². The van der Waals surface area contributed by atoms with E-state index in [0.29, 0.717) is 11.1 Å². The minimum absolute atomic E-state index is 0.0408. The first-order chi connectivity index (χ1) is 12.5. The van der Waals surface area contributed by atoms with Crippen molar-refractivity contribution < 1.29 is 27.0 Å².